The Morgan fingerprint density at radius 2 is 1.89 bits per heavy atom. The van der Waals surface area contributed by atoms with Crippen molar-refractivity contribution in [2.75, 3.05) is 7.11 Å². The summed E-state index contributed by atoms with van der Waals surface area (Å²) in [4.78, 5) is 11.3. The van der Waals surface area contributed by atoms with Crippen LogP contribution < -0.4 is 0 Å². The lowest BCUT2D eigenvalue weighted by Gasteiger charge is -2.58. The molecule has 4 heteroatoms. The van der Waals surface area contributed by atoms with Gasteiger partial charge in [-0.1, -0.05) is 26.8 Å². The van der Waals surface area contributed by atoms with Crippen molar-refractivity contribution >= 4 is 5.97 Å². The van der Waals surface area contributed by atoms with Gasteiger partial charge in [0.25, 0.3) is 0 Å². The Labute approximate surface area is 161 Å². The van der Waals surface area contributed by atoms with Crippen LogP contribution in [0.2, 0.25) is 0 Å². The van der Waals surface area contributed by atoms with Crippen LogP contribution in [0, 0.1) is 34.5 Å². The molecule has 0 unspecified atom stereocenters. The van der Waals surface area contributed by atoms with Gasteiger partial charge in [-0.15, -0.1) is 0 Å². The molecule has 148 valence electrons. The van der Waals surface area contributed by atoms with Crippen molar-refractivity contribution in [1.29, 1.82) is 0 Å². The van der Waals surface area contributed by atoms with Crippen molar-refractivity contribution in [3.8, 4) is 0 Å². The second-order valence-electron chi connectivity index (χ2n) is 9.60. The molecule has 0 radical (unpaired) electrons. The SMILES string of the molecule is COC1=CC2=C[C@@H](C)[C@@H]3[C@H](CC[C@]4(C)C(=C(F)C(=O)O)CC[C@@H]34)[C@@]2(C)CC1. The van der Waals surface area contributed by atoms with E-state index in [9.17, 15) is 14.3 Å². The quantitative estimate of drug-likeness (QED) is 0.636. The summed E-state index contributed by atoms with van der Waals surface area (Å²) >= 11 is 0. The molecule has 0 amide bonds. The molecule has 1 N–H and O–H groups in total. The van der Waals surface area contributed by atoms with E-state index in [4.69, 9.17) is 4.74 Å². The fourth-order valence-corrected chi connectivity index (χ4v) is 7.11. The molecule has 0 bridgehead atoms. The van der Waals surface area contributed by atoms with E-state index in [1.54, 1.807) is 7.11 Å². The molecular weight excluding hydrogens is 343 g/mol. The van der Waals surface area contributed by atoms with E-state index in [1.165, 1.54) is 5.57 Å². The van der Waals surface area contributed by atoms with E-state index < -0.39 is 11.8 Å². The molecule has 4 rings (SSSR count). The largest absolute Gasteiger partial charge is 0.501 e. The van der Waals surface area contributed by atoms with Crippen LogP contribution in [0.5, 0.6) is 0 Å². The number of hydrogen-bond donors (Lipinski definition) is 1. The van der Waals surface area contributed by atoms with Gasteiger partial charge in [0.2, 0.25) is 5.83 Å². The molecule has 0 aliphatic heterocycles. The lowest BCUT2D eigenvalue weighted by molar-refractivity contribution is -0.134. The number of fused-ring (bicyclic) bond motifs is 5. The van der Waals surface area contributed by atoms with E-state index in [-0.39, 0.29) is 10.8 Å². The van der Waals surface area contributed by atoms with Crippen molar-refractivity contribution in [2.24, 2.45) is 34.5 Å². The number of carboxylic acid groups (broad SMARTS) is 1. The van der Waals surface area contributed by atoms with E-state index >= 15 is 0 Å². The van der Waals surface area contributed by atoms with Crippen LogP contribution in [-0.2, 0) is 9.53 Å². The zero-order valence-electron chi connectivity index (χ0n) is 16.8. The summed E-state index contributed by atoms with van der Waals surface area (Å²) in [5, 5.41) is 9.21. The number of allylic oxidation sites excluding steroid dienone is 5. The van der Waals surface area contributed by atoms with Crippen LogP contribution in [0.3, 0.4) is 0 Å². The van der Waals surface area contributed by atoms with E-state index in [0.29, 0.717) is 35.7 Å². The normalized spacial score (nSPS) is 45.1. The highest BCUT2D eigenvalue weighted by molar-refractivity contribution is 5.85. The van der Waals surface area contributed by atoms with Crippen LogP contribution in [-0.4, -0.2) is 18.2 Å². The number of methoxy groups -OCH3 is 1. The topological polar surface area (TPSA) is 46.5 Å². The highest BCUT2D eigenvalue weighted by atomic mass is 19.1. The summed E-state index contributed by atoms with van der Waals surface area (Å²) in [6, 6.07) is 0. The predicted molar refractivity (Wildman–Crippen MR) is 102 cm³/mol. The van der Waals surface area contributed by atoms with Gasteiger partial charge in [0.05, 0.1) is 12.9 Å². The molecule has 4 aliphatic rings. The molecule has 0 heterocycles. The highest BCUT2D eigenvalue weighted by Crippen LogP contribution is 2.67. The molecule has 0 aromatic heterocycles. The average Bonchev–Trinajstić information content (AvgIpc) is 2.98. The molecule has 0 saturated heterocycles. The number of hydrogen-bond acceptors (Lipinski definition) is 2. The first-order valence-corrected chi connectivity index (χ1v) is 10.3. The Morgan fingerprint density at radius 3 is 2.56 bits per heavy atom. The smallest absolute Gasteiger partial charge is 0.364 e. The Morgan fingerprint density at radius 1 is 1.19 bits per heavy atom. The van der Waals surface area contributed by atoms with Gasteiger partial charge in [-0.3, -0.25) is 0 Å². The molecular formula is C23H31FO3. The number of carboxylic acids is 1. The van der Waals surface area contributed by atoms with E-state index in [2.05, 4.69) is 32.9 Å². The van der Waals surface area contributed by atoms with Crippen LogP contribution in [0.25, 0.3) is 0 Å². The Balaban J connectivity index is 1.75. The summed E-state index contributed by atoms with van der Waals surface area (Å²) in [7, 11) is 1.75. The van der Waals surface area contributed by atoms with Gasteiger partial charge in [-0.2, -0.15) is 4.39 Å². The summed E-state index contributed by atoms with van der Waals surface area (Å²) < 4.78 is 20.0. The minimum absolute atomic E-state index is 0.151. The molecule has 3 nitrogen and oxygen atoms in total. The zero-order valence-corrected chi connectivity index (χ0v) is 16.8. The lowest BCUT2D eigenvalue weighted by atomic mass is 9.46. The van der Waals surface area contributed by atoms with Gasteiger partial charge >= 0.3 is 5.97 Å². The van der Waals surface area contributed by atoms with Crippen LogP contribution in [0.4, 0.5) is 4.39 Å². The zero-order chi connectivity index (χ0) is 19.6. The van der Waals surface area contributed by atoms with Crippen molar-refractivity contribution in [3.05, 3.63) is 34.9 Å². The fourth-order valence-electron chi connectivity index (χ4n) is 7.11. The van der Waals surface area contributed by atoms with Gasteiger partial charge in [0, 0.05) is 6.42 Å². The Bertz CT molecular complexity index is 764. The first-order valence-electron chi connectivity index (χ1n) is 10.3. The minimum atomic E-state index is -1.40. The summed E-state index contributed by atoms with van der Waals surface area (Å²) in [6.45, 7) is 6.81. The van der Waals surface area contributed by atoms with E-state index in [0.717, 1.165) is 37.9 Å². The average molecular weight is 374 g/mol. The first-order chi connectivity index (χ1) is 12.7. The van der Waals surface area contributed by atoms with Crippen LogP contribution in [0.1, 0.15) is 59.3 Å². The third kappa shape index (κ3) is 2.55. The van der Waals surface area contributed by atoms with Gasteiger partial charge in [0.1, 0.15) is 0 Å². The van der Waals surface area contributed by atoms with Crippen molar-refractivity contribution in [3.63, 3.8) is 0 Å². The molecule has 4 aliphatic carbocycles. The first kappa shape index (κ1) is 18.8. The van der Waals surface area contributed by atoms with Crippen molar-refractivity contribution in [1.82, 2.24) is 0 Å². The summed E-state index contributed by atoms with van der Waals surface area (Å²) in [6.07, 6.45) is 10.2. The molecule has 27 heavy (non-hydrogen) atoms. The number of rotatable bonds is 2. The Kier molecular flexibility index (Phi) is 4.32. The molecule has 0 aromatic rings. The molecule has 2 fully saturated rings. The second-order valence-corrected chi connectivity index (χ2v) is 9.60. The Hall–Kier alpha value is -1.58. The molecule has 6 atom stereocenters. The van der Waals surface area contributed by atoms with Crippen molar-refractivity contribution in [2.45, 2.75) is 59.3 Å². The maximum Gasteiger partial charge on any atom is 0.364 e. The van der Waals surface area contributed by atoms with E-state index in [1.807, 2.05) is 0 Å². The van der Waals surface area contributed by atoms with Gasteiger partial charge in [-0.05, 0) is 83.8 Å². The maximum absolute atomic E-state index is 14.4. The summed E-state index contributed by atoms with van der Waals surface area (Å²) in [5.74, 6) is 0.636. The maximum atomic E-state index is 14.4. The minimum Gasteiger partial charge on any atom is -0.501 e. The number of aliphatic carboxylic acids is 1. The standard InChI is InChI=1S/C23H31FO3/c1-13-11-14-12-15(27-4)7-9-22(14,2)17-8-10-23(3)16(19(13)17)5-6-18(23)20(24)21(25)26/h11-13,16-17,19H,5-10H2,1-4H3,(H,25,26)/t13-,16+,17+,19+,22+,23+/m1/s1. The highest BCUT2D eigenvalue weighted by Gasteiger charge is 2.59. The number of halogens is 1. The third-order valence-corrected chi connectivity index (χ3v) is 8.57. The van der Waals surface area contributed by atoms with Gasteiger partial charge < -0.3 is 9.84 Å². The molecule has 0 aromatic carbocycles. The lowest BCUT2D eigenvalue weighted by Crippen LogP contribution is -2.50. The van der Waals surface area contributed by atoms with Gasteiger partial charge in [-0.25, -0.2) is 4.79 Å². The molecule has 2 saturated carbocycles. The fraction of sp³-hybridized carbons (Fsp3) is 0.696. The van der Waals surface area contributed by atoms with Crippen LogP contribution in [0.15, 0.2) is 34.9 Å². The van der Waals surface area contributed by atoms with Crippen molar-refractivity contribution < 1.29 is 19.0 Å². The number of carbonyl (C=O) groups is 1. The predicted octanol–water partition coefficient (Wildman–Crippen LogP) is 5.64. The van der Waals surface area contributed by atoms with Crippen LogP contribution >= 0.6 is 0 Å². The molecule has 0 spiro atoms. The number of ether oxygens (including phenoxy) is 1. The third-order valence-electron chi connectivity index (χ3n) is 8.57. The van der Waals surface area contributed by atoms with Gasteiger partial charge in [0.15, 0.2) is 0 Å². The summed E-state index contributed by atoms with van der Waals surface area (Å²) in [5.41, 5.74) is 1.82. The monoisotopic (exact) mass is 374 g/mol. The second kappa shape index (κ2) is 6.22.